The van der Waals surface area contributed by atoms with E-state index in [2.05, 4.69) is 26.0 Å². The molecular weight excluding hydrogens is 334 g/mol. The third-order valence-corrected chi connectivity index (χ3v) is 5.61. The summed E-state index contributed by atoms with van der Waals surface area (Å²) in [6.45, 7) is 4.33. The molecule has 1 atom stereocenters. The third-order valence-electron chi connectivity index (χ3n) is 4.40. The fourth-order valence-electron chi connectivity index (χ4n) is 2.98. The van der Waals surface area contributed by atoms with Crippen molar-refractivity contribution in [3.8, 4) is 11.5 Å². The first-order valence-corrected chi connectivity index (χ1v) is 9.35. The number of hydrogen-bond acceptors (Lipinski definition) is 4. The number of anilines is 1. The van der Waals surface area contributed by atoms with Crippen molar-refractivity contribution in [3.05, 3.63) is 53.6 Å². The lowest BCUT2D eigenvalue weighted by Crippen LogP contribution is -2.27. The molecule has 25 heavy (non-hydrogen) atoms. The van der Waals surface area contributed by atoms with Crippen LogP contribution in [0.1, 0.15) is 36.3 Å². The van der Waals surface area contributed by atoms with Gasteiger partial charge in [-0.25, -0.2) is 0 Å². The van der Waals surface area contributed by atoms with E-state index in [0.717, 1.165) is 11.3 Å². The Morgan fingerprint density at radius 2 is 1.72 bits per heavy atom. The molecule has 0 aromatic heterocycles. The Morgan fingerprint density at radius 1 is 1.04 bits per heavy atom. The van der Waals surface area contributed by atoms with Crippen LogP contribution in [0.4, 0.5) is 5.69 Å². The van der Waals surface area contributed by atoms with Crippen molar-refractivity contribution in [1.82, 2.24) is 0 Å². The summed E-state index contributed by atoms with van der Waals surface area (Å²) in [5, 5.41) is -0.0581. The van der Waals surface area contributed by atoms with Crippen molar-refractivity contribution in [2.45, 2.75) is 25.1 Å². The highest BCUT2D eigenvalue weighted by Gasteiger charge is 2.34. The smallest absolute Gasteiger partial charge is 0.238 e. The predicted molar refractivity (Wildman–Crippen MR) is 103 cm³/mol. The molecule has 0 aliphatic carbocycles. The van der Waals surface area contributed by atoms with Gasteiger partial charge in [-0.3, -0.25) is 9.69 Å². The zero-order valence-electron chi connectivity index (χ0n) is 15.0. The van der Waals surface area contributed by atoms with E-state index in [1.807, 2.05) is 35.2 Å². The maximum Gasteiger partial charge on any atom is 0.238 e. The maximum absolute atomic E-state index is 12.5. The highest BCUT2D eigenvalue weighted by atomic mass is 32.2. The predicted octanol–water partition coefficient (Wildman–Crippen LogP) is 4.61. The van der Waals surface area contributed by atoms with Gasteiger partial charge in [0, 0.05) is 5.69 Å². The molecular formula is C20H23NO3S. The number of carbonyl (C=O) groups excluding carboxylic acids is 1. The molecule has 1 amide bonds. The molecule has 0 radical (unpaired) electrons. The van der Waals surface area contributed by atoms with Crippen molar-refractivity contribution < 1.29 is 14.3 Å². The summed E-state index contributed by atoms with van der Waals surface area (Å²) in [6.07, 6.45) is 0. The lowest BCUT2D eigenvalue weighted by molar-refractivity contribution is -0.115. The Balaban J connectivity index is 1.94. The van der Waals surface area contributed by atoms with Crippen molar-refractivity contribution in [2.24, 2.45) is 0 Å². The van der Waals surface area contributed by atoms with Crippen LogP contribution in [0.5, 0.6) is 11.5 Å². The normalized spacial score (nSPS) is 17.2. The molecule has 1 aliphatic rings. The van der Waals surface area contributed by atoms with E-state index in [1.165, 1.54) is 5.56 Å². The van der Waals surface area contributed by atoms with E-state index >= 15 is 0 Å². The summed E-state index contributed by atoms with van der Waals surface area (Å²) in [7, 11) is 3.24. The second kappa shape index (κ2) is 7.40. The van der Waals surface area contributed by atoms with E-state index in [0.29, 0.717) is 23.2 Å². The van der Waals surface area contributed by atoms with Crippen LogP contribution < -0.4 is 14.4 Å². The Hall–Kier alpha value is -2.14. The van der Waals surface area contributed by atoms with E-state index in [9.17, 15) is 4.79 Å². The van der Waals surface area contributed by atoms with E-state index in [1.54, 1.807) is 26.0 Å². The van der Waals surface area contributed by atoms with Gasteiger partial charge in [0.1, 0.15) is 5.37 Å². The number of benzene rings is 2. The van der Waals surface area contributed by atoms with Crippen LogP contribution in [-0.4, -0.2) is 25.9 Å². The second-order valence-electron chi connectivity index (χ2n) is 6.29. The standard InChI is InChI=1S/C20H23NO3S/c1-13(2)14-5-8-16(9-6-14)21-19(22)12-25-20(21)15-7-10-17(23-3)18(11-15)24-4/h5-11,13,20H,12H2,1-4H3/t20-/m1/s1. The summed E-state index contributed by atoms with van der Waals surface area (Å²) in [6, 6.07) is 14.1. The van der Waals surface area contributed by atoms with Crippen LogP contribution >= 0.6 is 11.8 Å². The lowest BCUT2D eigenvalue weighted by Gasteiger charge is -2.25. The molecule has 0 spiro atoms. The van der Waals surface area contributed by atoms with Gasteiger partial charge in [0.15, 0.2) is 11.5 Å². The highest BCUT2D eigenvalue weighted by molar-refractivity contribution is 8.00. The summed E-state index contributed by atoms with van der Waals surface area (Å²) >= 11 is 1.63. The molecule has 2 aromatic carbocycles. The monoisotopic (exact) mass is 357 g/mol. The second-order valence-corrected chi connectivity index (χ2v) is 7.36. The summed E-state index contributed by atoms with van der Waals surface area (Å²) < 4.78 is 10.7. The Bertz CT molecular complexity index is 758. The SMILES string of the molecule is COc1ccc([C@H]2SCC(=O)N2c2ccc(C(C)C)cc2)cc1OC. The minimum Gasteiger partial charge on any atom is -0.493 e. The Labute approximate surface area is 153 Å². The van der Waals surface area contributed by atoms with Gasteiger partial charge in [-0.15, -0.1) is 11.8 Å². The van der Waals surface area contributed by atoms with Crippen LogP contribution in [-0.2, 0) is 4.79 Å². The zero-order valence-corrected chi connectivity index (χ0v) is 15.8. The fourth-order valence-corrected chi connectivity index (χ4v) is 4.14. The average Bonchev–Trinajstić information content (AvgIpc) is 3.02. The first-order valence-electron chi connectivity index (χ1n) is 8.30. The summed E-state index contributed by atoms with van der Waals surface area (Å²) in [5.74, 6) is 2.44. The molecule has 1 saturated heterocycles. The number of thioether (sulfide) groups is 1. The first-order chi connectivity index (χ1) is 12.0. The van der Waals surface area contributed by atoms with Gasteiger partial charge < -0.3 is 9.47 Å². The van der Waals surface area contributed by atoms with E-state index in [-0.39, 0.29) is 11.3 Å². The molecule has 0 saturated carbocycles. The maximum atomic E-state index is 12.5. The molecule has 0 N–H and O–H groups in total. The molecule has 2 aromatic rings. The minimum atomic E-state index is -0.0581. The quantitative estimate of drug-likeness (QED) is 0.783. The number of hydrogen-bond donors (Lipinski definition) is 0. The largest absolute Gasteiger partial charge is 0.493 e. The molecule has 4 nitrogen and oxygen atoms in total. The van der Waals surface area contributed by atoms with Crippen molar-refractivity contribution in [2.75, 3.05) is 24.9 Å². The number of rotatable bonds is 5. The molecule has 132 valence electrons. The number of carbonyl (C=O) groups is 1. The van der Waals surface area contributed by atoms with Crippen molar-refractivity contribution in [1.29, 1.82) is 0 Å². The van der Waals surface area contributed by atoms with Crippen LogP contribution in [0.15, 0.2) is 42.5 Å². The summed E-state index contributed by atoms with van der Waals surface area (Å²) in [4.78, 5) is 14.4. The highest BCUT2D eigenvalue weighted by Crippen LogP contribution is 2.44. The van der Waals surface area contributed by atoms with Gasteiger partial charge in [-0.05, 0) is 41.3 Å². The number of amides is 1. The van der Waals surface area contributed by atoms with Crippen molar-refractivity contribution >= 4 is 23.4 Å². The van der Waals surface area contributed by atoms with Crippen LogP contribution in [0.3, 0.4) is 0 Å². The molecule has 3 rings (SSSR count). The zero-order chi connectivity index (χ0) is 18.0. The van der Waals surface area contributed by atoms with Gasteiger partial charge in [-0.1, -0.05) is 32.0 Å². The molecule has 1 aliphatic heterocycles. The van der Waals surface area contributed by atoms with Crippen LogP contribution in [0.2, 0.25) is 0 Å². The lowest BCUT2D eigenvalue weighted by atomic mass is 10.0. The molecule has 0 unspecified atom stereocenters. The van der Waals surface area contributed by atoms with E-state index in [4.69, 9.17) is 9.47 Å². The number of ether oxygens (including phenoxy) is 2. The third kappa shape index (κ3) is 3.47. The van der Waals surface area contributed by atoms with Gasteiger partial charge in [0.05, 0.1) is 20.0 Å². The van der Waals surface area contributed by atoms with Crippen LogP contribution in [0, 0.1) is 0 Å². The molecule has 5 heteroatoms. The topological polar surface area (TPSA) is 38.8 Å². The molecule has 1 fully saturated rings. The molecule has 1 heterocycles. The van der Waals surface area contributed by atoms with Crippen molar-refractivity contribution in [3.63, 3.8) is 0 Å². The first kappa shape index (κ1) is 17.7. The minimum absolute atomic E-state index is 0.0581. The fraction of sp³-hybridized carbons (Fsp3) is 0.350. The van der Waals surface area contributed by atoms with Gasteiger partial charge in [-0.2, -0.15) is 0 Å². The van der Waals surface area contributed by atoms with Gasteiger partial charge in [0.2, 0.25) is 5.91 Å². The Morgan fingerprint density at radius 3 is 2.32 bits per heavy atom. The Kier molecular flexibility index (Phi) is 5.23. The number of nitrogens with zero attached hydrogens (tertiary/aromatic N) is 1. The average molecular weight is 357 g/mol. The van der Waals surface area contributed by atoms with Gasteiger partial charge in [0.25, 0.3) is 0 Å². The molecule has 0 bridgehead atoms. The van der Waals surface area contributed by atoms with Crippen LogP contribution in [0.25, 0.3) is 0 Å². The summed E-state index contributed by atoms with van der Waals surface area (Å²) in [5.41, 5.74) is 3.23. The van der Waals surface area contributed by atoms with Gasteiger partial charge >= 0.3 is 0 Å². The van der Waals surface area contributed by atoms with E-state index < -0.39 is 0 Å². The number of methoxy groups -OCH3 is 2.